The molecule has 0 heterocycles. The van der Waals surface area contributed by atoms with Crippen LogP contribution in [0.15, 0.2) is 0 Å². The highest BCUT2D eigenvalue weighted by molar-refractivity contribution is 5.76. The van der Waals surface area contributed by atoms with E-state index < -0.39 is 5.60 Å². The number of likely N-dealkylation sites (N-methyl/N-ethyl adjacent to an activating group) is 1. The zero-order valence-electron chi connectivity index (χ0n) is 11.2. The average molecular weight is 230 g/mol. The molecule has 4 nitrogen and oxygen atoms in total. The predicted molar refractivity (Wildman–Crippen MR) is 66.3 cm³/mol. The highest BCUT2D eigenvalue weighted by Gasteiger charge is 2.20. The van der Waals surface area contributed by atoms with Gasteiger partial charge in [0, 0.05) is 32.1 Å². The summed E-state index contributed by atoms with van der Waals surface area (Å²) in [7, 11) is 0. The number of hydrogen-bond acceptors (Lipinski definition) is 3. The van der Waals surface area contributed by atoms with Gasteiger partial charge in [0.2, 0.25) is 5.91 Å². The summed E-state index contributed by atoms with van der Waals surface area (Å²) in [6.45, 7) is 11.2. The topological polar surface area (TPSA) is 52.6 Å². The summed E-state index contributed by atoms with van der Waals surface area (Å²) >= 11 is 0. The van der Waals surface area contributed by atoms with E-state index in [0.717, 1.165) is 0 Å². The van der Waals surface area contributed by atoms with Crippen molar-refractivity contribution in [2.75, 3.05) is 19.6 Å². The molecule has 0 aliphatic heterocycles. The Labute approximate surface area is 99.0 Å². The molecule has 96 valence electrons. The molecule has 0 atom stereocenters. The van der Waals surface area contributed by atoms with Crippen LogP contribution in [-0.2, 0) is 4.79 Å². The number of hydrogen-bond donors (Lipinski definition) is 2. The normalized spacial score (nSPS) is 11.9. The molecule has 0 aliphatic carbocycles. The van der Waals surface area contributed by atoms with Crippen LogP contribution in [0.5, 0.6) is 0 Å². The molecular formula is C12H26N2O2. The molecule has 0 radical (unpaired) electrons. The third-order valence-corrected chi connectivity index (χ3v) is 2.20. The third-order valence-electron chi connectivity index (χ3n) is 2.20. The van der Waals surface area contributed by atoms with E-state index in [1.54, 1.807) is 18.7 Å². The van der Waals surface area contributed by atoms with Crippen LogP contribution in [0.1, 0.15) is 41.0 Å². The van der Waals surface area contributed by atoms with E-state index in [4.69, 9.17) is 0 Å². The van der Waals surface area contributed by atoms with Crippen molar-refractivity contribution in [1.29, 1.82) is 0 Å². The van der Waals surface area contributed by atoms with E-state index in [1.807, 2.05) is 6.92 Å². The predicted octanol–water partition coefficient (Wildman–Crippen LogP) is 0.994. The number of nitrogens with zero attached hydrogens (tertiary/aromatic N) is 1. The Morgan fingerprint density at radius 1 is 1.44 bits per heavy atom. The van der Waals surface area contributed by atoms with Gasteiger partial charge in [-0.15, -0.1) is 0 Å². The Hall–Kier alpha value is -0.610. The molecule has 0 unspecified atom stereocenters. The van der Waals surface area contributed by atoms with Crippen molar-refractivity contribution in [3.63, 3.8) is 0 Å². The lowest BCUT2D eigenvalue weighted by atomic mass is 10.1. The van der Waals surface area contributed by atoms with Gasteiger partial charge in [-0.3, -0.25) is 4.79 Å². The second kappa shape index (κ2) is 6.86. The second-order valence-corrected chi connectivity index (χ2v) is 5.08. The lowest BCUT2D eigenvalue weighted by molar-refractivity contribution is -0.133. The Balaban J connectivity index is 4.02. The molecule has 0 aromatic heterocycles. The third kappa shape index (κ3) is 7.65. The van der Waals surface area contributed by atoms with E-state index in [1.165, 1.54) is 0 Å². The maximum Gasteiger partial charge on any atom is 0.223 e. The van der Waals surface area contributed by atoms with Gasteiger partial charge in [0.1, 0.15) is 0 Å². The summed E-state index contributed by atoms with van der Waals surface area (Å²) in [5.74, 6) is 0.0952. The summed E-state index contributed by atoms with van der Waals surface area (Å²) in [5.41, 5.74) is -0.822. The van der Waals surface area contributed by atoms with Crippen LogP contribution >= 0.6 is 0 Å². The zero-order valence-corrected chi connectivity index (χ0v) is 11.2. The monoisotopic (exact) mass is 230 g/mol. The lowest BCUT2D eigenvalue weighted by Gasteiger charge is -2.28. The van der Waals surface area contributed by atoms with Crippen molar-refractivity contribution in [1.82, 2.24) is 10.2 Å². The summed E-state index contributed by atoms with van der Waals surface area (Å²) in [6, 6.07) is 0.400. The van der Waals surface area contributed by atoms with Crippen LogP contribution in [0.3, 0.4) is 0 Å². The number of carbonyl (C=O) groups is 1. The molecule has 2 N–H and O–H groups in total. The summed E-state index contributed by atoms with van der Waals surface area (Å²) in [5, 5.41) is 12.9. The largest absolute Gasteiger partial charge is 0.389 e. The molecule has 0 aromatic rings. The maximum absolute atomic E-state index is 11.8. The van der Waals surface area contributed by atoms with Gasteiger partial charge in [-0.05, 0) is 20.8 Å². The molecule has 0 bridgehead atoms. The number of amides is 1. The highest BCUT2D eigenvalue weighted by Crippen LogP contribution is 2.06. The highest BCUT2D eigenvalue weighted by atomic mass is 16.3. The fourth-order valence-electron chi connectivity index (χ4n) is 1.47. The van der Waals surface area contributed by atoms with Crippen molar-refractivity contribution < 1.29 is 9.90 Å². The van der Waals surface area contributed by atoms with Gasteiger partial charge in [0.05, 0.1) is 5.60 Å². The first-order valence-electron chi connectivity index (χ1n) is 5.99. The van der Waals surface area contributed by atoms with Crippen LogP contribution < -0.4 is 5.32 Å². The van der Waals surface area contributed by atoms with Crippen molar-refractivity contribution in [2.45, 2.75) is 52.7 Å². The molecule has 0 aromatic carbocycles. The number of rotatable bonds is 7. The van der Waals surface area contributed by atoms with Crippen LogP contribution in [0.2, 0.25) is 0 Å². The first-order valence-corrected chi connectivity index (χ1v) is 5.99. The lowest BCUT2D eigenvalue weighted by Crippen LogP contribution is -2.43. The molecule has 16 heavy (non-hydrogen) atoms. The molecule has 0 spiro atoms. The van der Waals surface area contributed by atoms with Crippen LogP contribution in [-0.4, -0.2) is 47.2 Å². The quantitative estimate of drug-likeness (QED) is 0.686. The molecule has 0 aliphatic rings. The van der Waals surface area contributed by atoms with Crippen molar-refractivity contribution >= 4 is 5.91 Å². The number of nitrogens with one attached hydrogen (secondary N) is 1. The standard InChI is InChI=1S/C12H26N2O2/c1-6-14(9-12(4,5)16)11(15)7-8-13-10(2)3/h10,13,16H,6-9H2,1-5H3. The minimum Gasteiger partial charge on any atom is -0.389 e. The van der Waals surface area contributed by atoms with E-state index in [0.29, 0.717) is 32.1 Å². The van der Waals surface area contributed by atoms with E-state index in [-0.39, 0.29) is 5.91 Å². The molecule has 1 amide bonds. The Bertz CT molecular complexity index is 210. The average Bonchev–Trinajstić information content (AvgIpc) is 2.11. The Morgan fingerprint density at radius 3 is 2.38 bits per heavy atom. The van der Waals surface area contributed by atoms with Crippen LogP contribution in [0.4, 0.5) is 0 Å². The Morgan fingerprint density at radius 2 is 2.00 bits per heavy atom. The van der Waals surface area contributed by atoms with Gasteiger partial charge < -0.3 is 15.3 Å². The molecule has 4 heteroatoms. The van der Waals surface area contributed by atoms with E-state index in [2.05, 4.69) is 19.2 Å². The Kier molecular flexibility index (Phi) is 6.60. The number of aliphatic hydroxyl groups is 1. The van der Waals surface area contributed by atoms with Gasteiger partial charge in [0.15, 0.2) is 0 Å². The first-order chi connectivity index (χ1) is 7.26. The SMILES string of the molecule is CCN(CC(C)(C)O)C(=O)CCNC(C)C. The van der Waals surface area contributed by atoms with Crippen molar-refractivity contribution in [3.05, 3.63) is 0 Å². The minimum atomic E-state index is -0.822. The summed E-state index contributed by atoms with van der Waals surface area (Å²) in [6.07, 6.45) is 0.488. The zero-order chi connectivity index (χ0) is 12.8. The van der Waals surface area contributed by atoms with Crippen LogP contribution in [0, 0.1) is 0 Å². The minimum absolute atomic E-state index is 0.0952. The molecule has 0 rings (SSSR count). The summed E-state index contributed by atoms with van der Waals surface area (Å²) < 4.78 is 0. The number of carbonyl (C=O) groups excluding carboxylic acids is 1. The summed E-state index contributed by atoms with van der Waals surface area (Å²) in [4.78, 5) is 13.5. The second-order valence-electron chi connectivity index (χ2n) is 5.08. The smallest absolute Gasteiger partial charge is 0.223 e. The fraction of sp³-hybridized carbons (Fsp3) is 0.917. The van der Waals surface area contributed by atoms with Gasteiger partial charge in [-0.2, -0.15) is 0 Å². The van der Waals surface area contributed by atoms with E-state index in [9.17, 15) is 9.90 Å². The molecule has 0 fully saturated rings. The molecular weight excluding hydrogens is 204 g/mol. The van der Waals surface area contributed by atoms with Gasteiger partial charge in [0.25, 0.3) is 0 Å². The fourth-order valence-corrected chi connectivity index (χ4v) is 1.47. The van der Waals surface area contributed by atoms with Gasteiger partial charge in [-0.1, -0.05) is 13.8 Å². The van der Waals surface area contributed by atoms with E-state index >= 15 is 0 Å². The van der Waals surface area contributed by atoms with Gasteiger partial charge in [-0.25, -0.2) is 0 Å². The van der Waals surface area contributed by atoms with Gasteiger partial charge >= 0.3 is 0 Å². The van der Waals surface area contributed by atoms with Crippen molar-refractivity contribution in [3.8, 4) is 0 Å². The first kappa shape index (κ1) is 15.4. The van der Waals surface area contributed by atoms with Crippen LogP contribution in [0.25, 0.3) is 0 Å². The maximum atomic E-state index is 11.8. The molecule has 0 saturated carbocycles. The molecule has 0 saturated heterocycles. The van der Waals surface area contributed by atoms with Crippen molar-refractivity contribution in [2.24, 2.45) is 0 Å².